The highest BCUT2D eigenvalue weighted by molar-refractivity contribution is 5.97. The molecule has 1 heterocycles. The smallest absolute Gasteiger partial charge is 0.410 e. The molecule has 2 atom stereocenters. The Morgan fingerprint density at radius 1 is 1.33 bits per heavy atom. The van der Waals surface area contributed by atoms with E-state index in [-0.39, 0.29) is 31.4 Å². The molecule has 1 fully saturated rings. The predicted molar refractivity (Wildman–Crippen MR) is 91.8 cm³/mol. The van der Waals surface area contributed by atoms with Crippen molar-refractivity contribution in [2.75, 3.05) is 18.5 Å². The van der Waals surface area contributed by atoms with Crippen LogP contribution in [0.5, 0.6) is 0 Å². The van der Waals surface area contributed by atoms with Crippen LogP contribution in [0.3, 0.4) is 0 Å². The zero-order valence-corrected chi connectivity index (χ0v) is 14.7. The van der Waals surface area contributed by atoms with Gasteiger partial charge in [-0.25, -0.2) is 4.79 Å². The van der Waals surface area contributed by atoms with Crippen molar-refractivity contribution in [3.63, 3.8) is 0 Å². The summed E-state index contributed by atoms with van der Waals surface area (Å²) in [5.74, 6) is -0.0967. The van der Waals surface area contributed by atoms with Gasteiger partial charge in [0.05, 0.1) is 19.3 Å². The summed E-state index contributed by atoms with van der Waals surface area (Å²) in [4.78, 5) is 26.0. The molecule has 1 aromatic rings. The highest BCUT2D eigenvalue weighted by Gasteiger charge is 2.39. The third-order valence-corrected chi connectivity index (χ3v) is 4.13. The Morgan fingerprint density at radius 2 is 2.04 bits per heavy atom. The van der Waals surface area contributed by atoms with Crippen molar-refractivity contribution in [2.45, 2.75) is 46.3 Å². The molecular formula is C18H26N2O4. The molecule has 0 spiro atoms. The molecule has 0 bridgehead atoms. The normalized spacial score (nSPS) is 20.3. The average molecular weight is 334 g/mol. The number of amides is 2. The highest BCUT2D eigenvalue weighted by Crippen LogP contribution is 2.22. The fourth-order valence-corrected chi connectivity index (χ4v) is 2.63. The van der Waals surface area contributed by atoms with E-state index in [0.29, 0.717) is 5.69 Å². The van der Waals surface area contributed by atoms with Crippen LogP contribution in [-0.2, 0) is 9.53 Å². The first-order chi connectivity index (χ1) is 11.3. The van der Waals surface area contributed by atoms with Gasteiger partial charge in [-0.1, -0.05) is 19.9 Å². The number of hydrogen-bond donors (Lipinski definition) is 2. The van der Waals surface area contributed by atoms with Crippen LogP contribution in [-0.4, -0.2) is 47.3 Å². The van der Waals surface area contributed by atoms with E-state index < -0.39 is 18.2 Å². The van der Waals surface area contributed by atoms with E-state index in [9.17, 15) is 14.7 Å². The summed E-state index contributed by atoms with van der Waals surface area (Å²) in [6.45, 7) is 8.26. The number of ether oxygens (including phenoxy) is 1. The topological polar surface area (TPSA) is 78.9 Å². The van der Waals surface area contributed by atoms with Crippen molar-refractivity contribution in [1.82, 2.24) is 4.90 Å². The lowest BCUT2D eigenvalue weighted by molar-refractivity contribution is -0.120. The number of rotatable bonds is 4. The fraction of sp³-hybridized carbons (Fsp3) is 0.556. The number of carbonyl (C=O) groups excluding carboxylic acids is 2. The molecule has 2 amide bonds. The molecule has 1 aliphatic rings. The van der Waals surface area contributed by atoms with Gasteiger partial charge in [-0.05, 0) is 43.0 Å². The second kappa shape index (κ2) is 7.66. The SMILES string of the molecule is Cc1ccc(NC(=O)[C@H]2C[C@@H](O)CN2C(=O)OCC(C)C)cc1C. The summed E-state index contributed by atoms with van der Waals surface area (Å²) in [6.07, 6.45) is -1.06. The molecule has 2 N–H and O–H groups in total. The van der Waals surface area contributed by atoms with Crippen molar-refractivity contribution >= 4 is 17.7 Å². The number of hydrogen-bond acceptors (Lipinski definition) is 4. The molecule has 0 aromatic heterocycles. The molecule has 0 saturated carbocycles. The monoisotopic (exact) mass is 334 g/mol. The third-order valence-electron chi connectivity index (χ3n) is 4.13. The van der Waals surface area contributed by atoms with Crippen LogP contribution in [0.15, 0.2) is 18.2 Å². The zero-order chi connectivity index (χ0) is 17.9. The van der Waals surface area contributed by atoms with Gasteiger partial charge in [-0.3, -0.25) is 9.69 Å². The summed E-state index contributed by atoms with van der Waals surface area (Å²) in [7, 11) is 0. The summed E-state index contributed by atoms with van der Waals surface area (Å²) >= 11 is 0. The quantitative estimate of drug-likeness (QED) is 0.886. The highest BCUT2D eigenvalue weighted by atomic mass is 16.6. The Kier molecular flexibility index (Phi) is 5.83. The minimum Gasteiger partial charge on any atom is -0.449 e. The molecule has 132 valence electrons. The van der Waals surface area contributed by atoms with E-state index >= 15 is 0 Å². The van der Waals surface area contributed by atoms with Gasteiger partial charge in [0, 0.05) is 12.1 Å². The minimum atomic E-state index is -0.721. The lowest BCUT2D eigenvalue weighted by atomic mass is 10.1. The molecule has 6 heteroatoms. The Balaban J connectivity index is 2.05. The maximum absolute atomic E-state index is 12.5. The van der Waals surface area contributed by atoms with E-state index in [1.807, 2.05) is 45.9 Å². The van der Waals surface area contributed by atoms with Crippen molar-refractivity contribution in [3.05, 3.63) is 29.3 Å². The van der Waals surface area contributed by atoms with E-state index in [1.54, 1.807) is 0 Å². The van der Waals surface area contributed by atoms with Gasteiger partial charge in [0.15, 0.2) is 0 Å². The third kappa shape index (κ3) is 4.47. The summed E-state index contributed by atoms with van der Waals surface area (Å²) < 4.78 is 5.20. The van der Waals surface area contributed by atoms with Crippen LogP contribution in [0.25, 0.3) is 0 Å². The second-order valence-electron chi connectivity index (χ2n) is 6.82. The molecule has 1 saturated heterocycles. The van der Waals surface area contributed by atoms with Gasteiger partial charge in [0.2, 0.25) is 5.91 Å². The molecule has 0 radical (unpaired) electrons. The van der Waals surface area contributed by atoms with Crippen LogP contribution >= 0.6 is 0 Å². The van der Waals surface area contributed by atoms with Gasteiger partial charge in [0.1, 0.15) is 6.04 Å². The lowest BCUT2D eigenvalue weighted by Crippen LogP contribution is -2.43. The van der Waals surface area contributed by atoms with Crippen LogP contribution in [0.4, 0.5) is 10.5 Å². The minimum absolute atomic E-state index is 0.113. The summed E-state index contributed by atoms with van der Waals surface area (Å²) in [5.41, 5.74) is 2.90. The maximum Gasteiger partial charge on any atom is 0.410 e. The number of anilines is 1. The first-order valence-electron chi connectivity index (χ1n) is 8.27. The lowest BCUT2D eigenvalue weighted by Gasteiger charge is -2.23. The zero-order valence-electron chi connectivity index (χ0n) is 14.7. The number of nitrogens with one attached hydrogen (secondary N) is 1. The van der Waals surface area contributed by atoms with Crippen molar-refractivity contribution < 1.29 is 19.4 Å². The standard InChI is InChI=1S/C18H26N2O4/c1-11(2)10-24-18(23)20-9-15(21)8-16(20)17(22)19-14-6-5-12(3)13(4)7-14/h5-7,11,15-16,21H,8-10H2,1-4H3,(H,19,22)/t15-,16-/m1/s1. The predicted octanol–water partition coefficient (Wildman–Crippen LogP) is 2.47. The number of likely N-dealkylation sites (tertiary alicyclic amines) is 1. The van der Waals surface area contributed by atoms with Gasteiger partial charge in [-0.2, -0.15) is 0 Å². The number of β-amino-alcohol motifs (C(OH)–C–C–N with tert-alkyl or cyclic N) is 1. The number of benzene rings is 1. The Hall–Kier alpha value is -2.08. The molecule has 1 aromatic carbocycles. The first kappa shape index (κ1) is 18.3. The molecule has 6 nitrogen and oxygen atoms in total. The number of aliphatic hydroxyl groups is 1. The summed E-state index contributed by atoms with van der Waals surface area (Å²) in [5, 5.41) is 12.7. The molecule has 24 heavy (non-hydrogen) atoms. The van der Waals surface area contributed by atoms with E-state index in [1.165, 1.54) is 4.90 Å². The first-order valence-corrected chi connectivity index (χ1v) is 8.27. The number of carbonyl (C=O) groups is 2. The Morgan fingerprint density at radius 3 is 2.67 bits per heavy atom. The van der Waals surface area contributed by atoms with Crippen LogP contribution in [0.2, 0.25) is 0 Å². The summed E-state index contributed by atoms with van der Waals surface area (Å²) in [6, 6.07) is 4.93. The molecule has 2 rings (SSSR count). The molecule has 1 aliphatic heterocycles. The second-order valence-corrected chi connectivity index (χ2v) is 6.82. The van der Waals surface area contributed by atoms with Crippen molar-refractivity contribution in [2.24, 2.45) is 5.92 Å². The van der Waals surface area contributed by atoms with E-state index in [2.05, 4.69) is 5.32 Å². The average Bonchev–Trinajstić information content (AvgIpc) is 2.90. The van der Waals surface area contributed by atoms with Gasteiger partial charge in [0.25, 0.3) is 0 Å². The number of aryl methyl sites for hydroxylation is 2. The molecule has 0 aliphatic carbocycles. The number of aliphatic hydroxyl groups excluding tert-OH is 1. The van der Waals surface area contributed by atoms with Crippen LogP contribution in [0.1, 0.15) is 31.4 Å². The van der Waals surface area contributed by atoms with Gasteiger partial charge >= 0.3 is 6.09 Å². The Bertz CT molecular complexity index is 615. The fourth-order valence-electron chi connectivity index (χ4n) is 2.63. The van der Waals surface area contributed by atoms with Gasteiger partial charge in [-0.15, -0.1) is 0 Å². The van der Waals surface area contributed by atoms with Crippen molar-refractivity contribution in [1.29, 1.82) is 0 Å². The van der Waals surface area contributed by atoms with Crippen LogP contribution < -0.4 is 5.32 Å². The molecule has 0 unspecified atom stereocenters. The van der Waals surface area contributed by atoms with E-state index in [4.69, 9.17) is 4.74 Å². The molecular weight excluding hydrogens is 308 g/mol. The largest absolute Gasteiger partial charge is 0.449 e. The number of nitrogens with zero attached hydrogens (tertiary/aromatic N) is 1. The van der Waals surface area contributed by atoms with E-state index in [0.717, 1.165) is 11.1 Å². The Labute approximate surface area is 142 Å². The van der Waals surface area contributed by atoms with Crippen LogP contribution in [0, 0.1) is 19.8 Å². The van der Waals surface area contributed by atoms with Gasteiger partial charge < -0.3 is 15.2 Å². The maximum atomic E-state index is 12.5. The van der Waals surface area contributed by atoms with Crippen molar-refractivity contribution in [3.8, 4) is 0 Å².